The summed E-state index contributed by atoms with van der Waals surface area (Å²) in [4.78, 5) is 8.45. The molecule has 0 saturated heterocycles. The van der Waals surface area contributed by atoms with Gasteiger partial charge in [-0.1, -0.05) is 54.1 Å². The predicted octanol–water partition coefficient (Wildman–Crippen LogP) is 6.79. The number of rotatable bonds is 1. The van der Waals surface area contributed by atoms with E-state index in [9.17, 15) is 0 Å². The zero-order chi connectivity index (χ0) is 17.0. The fourth-order valence-electron chi connectivity index (χ4n) is 3.42. The van der Waals surface area contributed by atoms with E-state index in [-0.39, 0.29) is 0 Å². The molecular formula is C21H12ClIN2. The second-order valence-electron chi connectivity index (χ2n) is 6.05. The van der Waals surface area contributed by atoms with E-state index < -0.39 is 0 Å². The first-order chi connectivity index (χ1) is 12.2. The van der Waals surface area contributed by atoms with E-state index in [4.69, 9.17) is 16.6 Å². The average molecular weight is 455 g/mol. The molecule has 0 saturated carbocycles. The van der Waals surface area contributed by atoms with Crippen LogP contribution in [-0.2, 0) is 0 Å². The topological polar surface area (TPSA) is 28.7 Å². The van der Waals surface area contributed by atoms with Crippen molar-refractivity contribution >= 4 is 66.8 Å². The Kier molecular flexibility index (Phi) is 3.47. The molecule has 0 aliphatic rings. The van der Waals surface area contributed by atoms with Crippen molar-refractivity contribution in [1.29, 1.82) is 0 Å². The fraction of sp³-hybridized carbons (Fsp3) is 0. The maximum Gasteiger partial charge on any atom is 0.138 e. The molecule has 4 heteroatoms. The lowest BCUT2D eigenvalue weighted by Crippen LogP contribution is -1.83. The van der Waals surface area contributed by atoms with E-state index in [0.717, 1.165) is 22.4 Å². The number of imidazole rings is 1. The van der Waals surface area contributed by atoms with Crippen molar-refractivity contribution in [3.63, 3.8) is 0 Å². The van der Waals surface area contributed by atoms with Gasteiger partial charge in [-0.3, -0.25) is 0 Å². The summed E-state index contributed by atoms with van der Waals surface area (Å²) in [6, 6.07) is 22.8. The maximum atomic E-state index is 6.16. The Bertz CT molecular complexity index is 1270. The van der Waals surface area contributed by atoms with Crippen molar-refractivity contribution in [2.24, 2.45) is 0 Å². The van der Waals surface area contributed by atoms with E-state index in [1.54, 1.807) is 0 Å². The Morgan fingerprint density at radius 2 is 1.60 bits per heavy atom. The number of H-pyrrole nitrogens is 1. The third-order valence-corrected chi connectivity index (χ3v) is 5.43. The van der Waals surface area contributed by atoms with E-state index in [1.807, 2.05) is 24.3 Å². The van der Waals surface area contributed by atoms with Gasteiger partial charge in [0, 0.05) is 24.9 Å². The van der Waals surface area contributed by atoms with Gasteiger partial charge in [-0.2, -0.15) is 0 Å². The van der Waals surface area contributed by atoms with Crippen LogP contribution >= 0.6 is 34.2 Å². The summed E-state index contributed by atoms with van der Waals surface area (Å²) >= 11 is 8.51. The molecule has 1 N–H and O–H groups in total. The molecule has 0 aliphatic heterocycles. The van der Waals surface area contributed by atoms with E-state index in [0.29, 0.717) is 5.02 Å². The normalized spacial score (nSPS) is 11.6. The number of aromatic nitrogens is 2. The number of halogens is 2. The van der Waals surface area contributed by atoms with Crippen LogP contribution in [0.3, 0.4) is 0 Å². The lowest BCUT2D eigenvalue weighted by molar-refractivity contribution is 1.34. The van der Waals surface area contributed by atoms with Crippen molar-refractivity contribution in [3.05, 3.63) is 75.3 Å². The third kappa shape index (κ3) is 2.41. The number of nitrogens with zero attached hydrogens (tertiary/aromatic N) is 1. The molecule has 5 rings (SSSR count). The van der Waals surface area contributed by atoms with Gasteiger partial charge < -0.3 is 4.98 Å². The molecule has 0 bridgehead atoms. The van der Waals surface area contributed by atoms with E-state index in [2.05, 4.69) is 70.0 Å². The minimum Gasteiger partial charge on any atom is -0.337 e. The summed E-state index contributed by atoms with van der Waals surface area (Å²) in [6.07, 6.45) is 0. The zero-order valence-electron chi connectivity index (χ0n) is 13.1. The first kappa shape index (κ1) is 15.2. The van der Waals surface area contributed by atoms with Crippen LogP contribution in [0.2, 0.25) is 5.02 Å². The molecule has 0 atom stereocenters. The van der Waals surface area contributed by atoms with Gasteiger partial charge in [0.1, 0.15) is 5.82 Å². The predicted molar refractivity (Wildman–Crippen MR) is 114 cm³/mol. The lowest BCUT2D eigenvalue weighted by Gasteiger charge is -2.06. The number of hydrogen-bond acceptors (Lipinski definition) is 1. The first-order valence-corrected chi connectivity index (χ1v) is 9.42. The number of fused-ring (bicyclic) bond motifs is 6. The Hall–Kier alpha value is -2.11. The highest BCUT2D eigenvalue weighted by Gasteiger charge is 2.14. The molecule has 4 aromatic carbocycles. The Morgan fingerprint density at radius 1 is 0.800 bits per heavy atom. The van der Waals surface area contributed by atoms with Gasteiger partial charge in [0.25, 0.3) is 0 Å². The van der Waals surface area contributed by atoms with Crippen molar-refractivity contribution in [2.45, 2.75) is 0 Å². The average Bonchev–Trinajstić information content (AvgIpc) is 3.08. The zero-order valence-corrected chi connectivity index (χ0v) is 16.0. The number of hydrogen-bond donors (Lipinski definition) is 1. The summed E-state index contributed by atoms with van der Waals surface area (Å²) in [5.74, 6) is 0.842. The largest absolute Gasteiger partial charge is 0.337 e. The van der Waals surface area contributed by atoms with Gasteiger partial charge >= 0.3 is 0 Å². The number of aromatic amines is 1. The highest BCUT2D eigenvalue weighted by Crippen LogP contribution is 2.36. The molecule has 0 unspecified atom stereocenters. The molecule has 1 heterocycles. The molecule has 0 spiro atoms. The van der Waals surface area contributed by atoms with Crippen LogP contribution in [-0.4, -0.2) is 9.97 Å². The highest BCUT2D eigenvalue weighted by atomic mass is 127. The van der Waals surface area contributed by atoms with Crippen molar-refractivity contribution in [3.8, 4) is 11.4 Å². The summed E-state index contributed by atoms with van der Waals surface area (Å²) < 4.78 is 1.20. The molecule has 5 aromatic rings. The van der Waals surface area contributed by atoms with Gasteiger partial charge in [0.05, 0.1) is 11.0 Å². The highest BCUT2D eigenvalue weighted by molar-refractivity contribution is 14.1. The maximum absolute atomic E-state index is 6.16. The van der Waals surface area contributed by atoms with E-state index in [1.165, 1.54) is 25.1 Å². The monoisotopic (exact) mass is 454 g/mol. The van der Waals surface area contributed by atoms with Crippen molar-refractivity contribution < 1.29 is 0 Å². The van der Waals surface area contributed by atoms with Crippen molar-refractivity contribution in [1.82, 2.24) is 9.97 Å². The van der Waals surface area contributed by atoms with Crippen molar-refractivity contribution in [2.75, 3.05) is 0 Å². The van der Waals surface area contributed by atoms with Crippen LogP contribution < -0.4 is 0 Å². The number of nitrogens with one attached hydrogen (secondary N) is 1. The molecular weight excluding hydrogens is 443 g/mol. The Balaban J connectivity index is 1.96. The smallest absolute Gasteiger partial charge is 0.138 e. The van der Waals surface area contributed by atoms with Gasteiger partial charge in [-0.15, -0.1) is 0 Å². The fourth-order valence-corrected chi connectivity index (χ4v) is 4.10. The minimum atomic E-state index is 0.710. The molecule has 120 valence electrons. The third-order valence-electron chi connectivity index (χ3n) is 4.53. The first-order valence-electron chi connectivity index (χ1n) is 7.96. The Labute approximate surface area is 163 Å². The molecule has 2 nitrogen and oxygen atoms in total. The second-order valence-corrected chi connectivity index (χ2v) is 7.74. The Morgan fingerprint density at radius 3 is 2.44 bits per heavy atom. The van der Waals surface area contributed by atoms with Gasteiger partial charge in [-0.05, 0) is 57.6 Å². The summed E-state index contributed by atoms with van der Waals surface area (Å²) in [7, 11) is 0. The molecule has 0 radical (unpaired) electrons. The van der Waals surface area contributed by atoms with E-state index >= 15 is 0 Å². The summed E-state index contributed by atoms with van der Waals surface area (Å²) in [5, 5.41) is 5.54. The van der Waals surface area contributed by atoms with Gasteiger partial charge in [-0.25, -0.2) is 4.98 Å². The molecule has 0 amide bonds. The molecule has 1 aromatic heterocycles. The SMILES string of the molecule is Clc1cccc(-c2nc3c4cc(I)ccc4c4ccccc4c3[nH]2)c1. The lowest BCUT2D eigenvalue weighted by atomic mass is 10.0. The minimum absolute atomic E-state index is 0.710. The van der Waals surface area contributed by atoms with Gasteiger partial charge in [0.2, 0.25) is 0 Å². The van der Waals surface area contributed by atoms with Crippen LogP contribution in [0, 0.1) is 3.57 Å². The summed E-state index contributed by atoms with van der Waals surface area (Å²) in [5.41, 5.74) is 3.06. The standard InChI is InChI=1S/C21H12ClIN2/c22-13-5-3-4-12(10-13)21-24-19-17-7-2-1-6-15(17)16-9-8-14(23)11-18(16)20(19)25-21/h1-11H,(H,24,25). The number of benzene rings is 4. The van der Waals surface area contributed by atoms with Gasteiger partial charge in [0.15, 0.2) is 0 Å². The van der Waals surface area contributed by atoms with Crippen LogP contribution in [0.1, 0.15) is 0 Å². The van der Waals surface area contributed by atoms with Crippen LogP contribution in [0.4, 0.5) is 0 Å². The summed E-state index contributed by atoms with van der Waals surface area (Å²) in [6.45, 7) is 0. The molecule has 0 aliphatic carbocycles. The quantitative estimate of drug-likeness (QED) is 0.219. The van der Waals surface area contributed by atoms with Crippen LogP contribution in [0.5, 0.6) is 0 Å². The molecule has 25 heavy (non-hydrogen) atoms. The van der Waals surface area contributed by atoms with Crippen LogP contribution in [0.25, 0.3) is 44.0 Å². The molecule has 0 fully saturated rings. The second kappa shape index (κ2) is 5.71. The van der Waals surface area contributed by atoms with Crippen LogP contribution in [0.15, 0.2) is 66.7 Å².